The summed E-state index contributed by atoms with van der Waals surface area (Å²) in [5.74, 6) is 2.66. The minimum atomic E-state index is -0.549. The Kier molecular flexibility index (Phi) is 14.2. The molecule has 14 nitrogen and oxygen atoms in total. The van der Waals surface area contributed by atoms with Crippen molar-refractivity contribution in [3.05, 3.63) is 71.0 Å². The van der Waals surface area contributed by atoms with Crippen LogP contribution in [0.3, 0.4) is 0 Å². The maximum atomic E-state index is 14.5. The summed E-state index contributed by atoms with van der Waals surface area (Å²) in [5, 5.41) is 8.68. The zero-order chi connectivity index (χ0) is 42.9. The molecule has 2 aliphatic heterocycles. The lowest BCUT2D eigenvalue weighted by Crippen LogP contribution is -2.47. The second kappa shape index (κ2) is 20.1. The minimum absolute atomic E-state index is 0.0176. The molecule has 0 unspecified atom stereocenters. The number of aromatic nitrogens is 8. The molecule has 0 aromatic carbocycles. The summed E-state index contributed by atoms with van der Waals surface area (Å²) in [7, 11) is 0. The van der Waals surface area contributed by atoms with Crippen LogP contribution in [0, 0.1) is 24.0 Å². The van der Waals surface area contributed by atoms with Crippen molar-refractivity contribution in [1.29, 1.82) is 0 Å². The average molecular weight is 872 g/mol. The lowest BCUT2D eigenvalue weighted by atomic mass is 10.0. The van der Waals surface area contributed by atoms with Crippen LogP contribution in [0.1, 0.15) is 71.1 Å². The number of hydrogen-bond acceptors (Lipinski definition) is 10. The Hall–Kier alpha value is -5.92. The molecule has 8 heterocycles. The molecule has 0 aliphatic carbocycles. The predicted molar refractivity (Wildman–Crippen MR) is 233 cm³/mol. The highest BCUT2D eigenvalue weighted by molar-refractivity contribution is 6.31. The van der Waals surface area contributed by atoms with Crippen molar-refractivity contribution in [1.82, 2.24) is 49.7 Å². The first-order valence-electron chi connectivity index (χ1n) is 20.4. The highest BCUT2D eigenvalue weighted by atomic mass is 35.5. The van der Waals surface area contributed by atoms with Gasteiger partial charge in [-0.3, -0.25) is 9.59 Å². The van der Waals surface area contributed by atoms with E-state index in [9.17, 15) is 18.4 Å². The van der Waals surface area contributed by atoms with E-state index in [1.165, 1.54) is 0 Å². The van der Waals surface area contributed by atoms with Crippen molar-refractivity contribution in [2.45, 2.75) is 83.2 Å². The number of likely N-dealkylation sites (tertiary alicyclic amines) is 2. The molecule has 6 aromatic rings. The fourth-order valence-electron chi connectivity index (χ4n) is 7.77. The first-order valence-corrected chi connectivity index (χ1v) is 21.2. The summed E-state index contributed by atoms with van der Waals surface area (Å²) in [6.07, 6.45) is 22.1. The van der Waals surface area contributed by atoms with Gasteiger partial charge in [-0.05, 0) is 57.1 Å². The Balaban J connectivity index is 0.000000185. The van der Waals surface area contributed by atoms with E-state index in [2.05, 4.69) is 56.4 Å². The van der Waals surface area contributed by atoms with E-state index in [4.69, 9.17) is 29.6 Å². The number of halogens is 4. The molecule has 8 rings (SSSR count). The number of fused-ring (bicyclic) bond motifs is 2. The van der Waals surface area contributed by atoms with Crippen LogP contribution in [-0.4, -0.2) is 99.7 Å². The number of hydrogen-bond donors (Lipinski definition) is 4. The van der Waals surface area contributed by atoms with E-state index in [1.807, 2.05) is 16.7 Å². The van der Waals surface area contributed by atoms with Crippen LogP contribution in [0.5, 0.6) is 0 Å². The largest absolute Gasteiger partial charge is 0.365 e. The van der Waals surface area contributed by atoms with Crippen molar-refractivity contribution >= 4 is 68.7 Å². The SMILES string of the molecule is C#CCCCC(=O)N1CCCC[C@@H]1CNc1nc(-c2c[nH]c3ncc(Cl)cc23)ncc1F.CCC(=O)N1CCCC[C@@H]1CNc1nc(-c2c[nH]c3ncc(Cl)cc23)ncc1F. The molecule has 4 N–H and O–H groups in total. The number of terminal acetylenes is 1. The molecule has 6 aromatic heterocycles. The van der Waals surface area contributed by atoms with Crippen LogP contribution in [0.25, 0.3) is 44.8 Å². The van der Waals surface area contributed by atoms with Gasteiger partial charge >= 0.3 is 0 Å². The van der Waals surface area contributed by atoms with E-state index >= 15 is 0 Å². The lowest BCUT2D eigenvalue weighted by Gasteiger charge is -2.36. The first-order chi connectivity index (χ1) is 29.6. The smallest absolute Gasteiger partial charge is 0.222 e. The third kappa shape index (κ3) is 10.3. The predicted octanol–water partition coefficient (Wildman–Crippen LogP) is 8.42. The number of anilines is 2. The summed E-state index contributed by atoms with van der Waals surface area (Å²) in [4.78, 5) is 60.2. The van der Waals surface area contributed by atoms with Crippen LogP contribution in [0.2, 0.25) is 10.0 Å². The summed E-state index contributed by atoms with van der Waals surface area (Å²) in [6.45, 7) is 4.18. The zero-order valence-corrected chi connectivity index (χ0v) is 35.2. The Labute approximate surface area is 361 Å². The Bertz CT molecular complexity index is 2540. The fraction of sp³-hybridized carbons (Fsp3) is 0.395. The fourth-order valence-corrected chi connectivity index (χ4v) is 8.08. The van der Waals surface area contributed by atoms with Crippen LogP contribution < -0.4 is 10.6 Å². The average Bonchev–Trinajstić information content (AvgIpc) is 3.90. The van der Waals surface area contributed by atoms with Crippen molar-refractivity contribution in [3.8, 4) is 35.1 Å². The highest BCUT2D eigenvalue weighted by Gasteiger charge is 2.28. The third-order valence-corrected chi connectivity index (χ3v) is 11.3. The van der Waals surface area contributed by atoms with Crippen LogP contribution in [0.4, 0.5) is 20.4 Å². The molecule has 0 saturated carbocycles. The Morgan fingerprint density at radius 2 is 1.26 bits per heavy atom. The molecule has 0 radical (unpaired) electrons. The van der Waals surface area contributed by atoms with E-state index in [-0.39, 0.29) is 35.5 Å². The second-order valence-corrected chi connectivity index (χ2v) is 15.8. The number of carbonyl (C=O) groups excluding carboxylic acids is 2. The molecule has 2 atom stereocenters. The molecule has 0 bridgehead atoms. The maximum absolute atomic E-state index is 14.5. The van der Waals surface area contributed by atoms with Gasteiger partial charge in [0.2, 0.25) is 11.8 Å². The standard InChI is InChI=1S/C23H24ClFN6O.C20H22ClFN6O/c1-2-3-4-8-20(32)31-9-6-5-7-16(31)12-27-23-19(25)14-29-22(30-23)18-13-28-21-17(18)10-15(24)11-26-21;1-2-17(29)28-6-4-3-5-13(28)9-24-20-16(22)11-26-19(27-20)15-10-25-18-14(15)7-12(21)8-23-18/h1,10-11,13-14,16H,3-9,12H2,(H,26,28)(H,27,29,30);7-8,10-11,13H,2-6,9H2,1H3,(H,23,25)(H,24,26,27)/t16-;13-/m11/s1. The van der Waals surface area contributed by atoms with Crippen molar-refractivity contribution in [2.24, 2.45) is 0 Å². The minimum Gasteiger partial charge on any atom is -0.365 e. The van der Waals surface area contributed by atoms with Gasteiger partial charge in [0.15, 0.2) is 34.9 Å². The second-order valence-electron chi connectivity index (χ2n) is 14.9. The van der Waals surface area contributed by atoms with E-state index in [0.717, 1.165) is 68.2 Å². The molecule has 2 aliphatic rings. The monoisotopic (exact) mass is 870 g/mol. The quantitative estimate of drug-likeness (QED) is 0.0691. The summed E-state index contributed by atoms with van der Waals surface area (Å²) in [5.41, 5.74) is 2.68. The number of rotatable bonds is 12. The van der Waals surface area contributed by atoms with Crippen molar-refractivity contribution in [2.75, 3.05) is 36.8 Å². The lowest BCUT2D eigenvalue weighted by molar-refractivity contribution is -0.135. The number of amides is 2. The number of H-pyrrole nitrogens is 2. The summed E-state index contributed by atoms with van der Waals surface area (Å²) in [6, 6.07) is 3.55. The number of nitrogens with one attached hydrogen (secondary N) is 4. The first kappa shape index (κ1) is 43.2. The van der Waals surface area contributed by atoms with E-state index in [1.54, 1.807) is 36.9 Å². The van der Waals surface area contributed by atoms with Gasteiger partial charge in [-0.1, -0.05) is 30.1 Å². The van der Waals surface area contributed by atoms with Gasteiger partial charge in [-0.25, -0.2) is 38.7 Å². The number of piperidine rings is 2. The van der Waals surface area contributed by atoms with Gasteiger partial charge in [0.25, 0.3) is 0 Å². The molecule has 18 heteroatoms. The van der Waals surface area contributed by atoms with E-state index in [0.29, 0.717) is 89.4 Å². The number of carbonyl (C=O) groups is 2. The zero-order valence-electron chi connectivity index (χ0n) is 33.7. The van der Waals surface area contributed by atoms with Gasteiger partial charge in [-0.15, -0.1) is 12.3 Å². The molecule has 61 heavy (non-hydrogen) atoms. The Morgan fingerprint density at radius 3 is 1.74 bits per heavy atom. The van der Waals surface area contributed by atoms with Crippen LogP contribution in [-0.2, 0) is 9.59 Å². The molecule has 2 fully saturated rings. The molecule has 2 amide bonds. The Morgan fingerprint density at radius 1 is 0.770 bits per heavy atom. The van der Waals surface area contributed by atoms with Crippen LogP contribution >= 0.6 is 23.2 Å². The van der Waals surface area contributed by atoms with Gasteiger partial charge in [0.05, 0.1) is 22.4 Å². The number of aromatic amines is 2. The number of unbranched alkanes of at least 4 members (excludes halogenated alkanes) is 1. The molecule has 2 saturated heterocycles. The van der Waals surface area contributed by atoms with Gasteiger partial charge in [0.1, 0.15) is 11.3 Å². The van der Waals surface area contributed by atoms with Crippen LogP contribution in [0.15, 0.2) is 49.3 Å². The molecule has 318 valence electrons. The third-order valence-electron chi connectivity index (χ3n) is 10.9. The number of pyridine rings is 2. The van der Waals surface area contributed by atoms with Gasteiger partial charge in [0, 0.05) is 104 Å². The van der Waals surface area contributed by atoms with Crippen molar-refractivity contribution < 1.29 is 18.4 Å². The molecule has 0 spiro atoms. The maximum Gasteiger partial charge on any atom is 0.222 e. The summed E-state index contributed by atoms with van der Waals surface area (Å²) >= 11 is 12.1. The van der Waals surface area contributed by atoms with E-state index < -0.39 is 11.6 Å². The van der Waals surface area contributed by atoms with Gasteiger partial charge in [-0.2, -0.15) is 0 Å². The molecular weight excluding hydrogens is 825 g/mol. The normalized spacial score (nSPS) is 16.5. The van der Waals surface area contributed by atoms with Crippen molar-refractivity contribution in [3.63, 3.8) is 0 Å². The van der Waals surface area contributed by atoms with Gasteiger partial charge < -0.3 is 30.4 Å². The summed E-state index contributed by atoms with van der Waals surface area (Å²) < 4.78 is 28.8. The molecular formula is C43H46Cl2F2N12O2. The highest BCUT2D eigenvalue weighted by Crippen LogP contribution is 2.30. The number of nitrogens with zero attached hydrogens (tertiary/aromatic N) is 8. The topological polar surface area (TPSA) is 174 Å².